The molecule has 0 heterocycles. The van der Waals surface area contributed by atoms with Gasteiger partial charge in [-0.15, -0.1) is 0 Å². The van der Waals surface area contributed by atoms with Gasteiger partial charge in [-0.1, -0.05) is 36.4 Å². The van der Waals surface area contributed by atoms with E-state index < -0.39 is 0 Å². The molecule has 0 aromatic heterocycles. The standard InChI is InChI=1S/C12H13N.Na.H/c1-13(2)12-9-5-7-10-6-3-4-8-11(10)12;;/h3-9H,1-2H3;;. The molecule has 0 bridgehead atoms. The molecule has 0 amide bonds. The van der Waals surface area contributed by atoms with E-state index in [9.17, 15) is 0 Å². The van der Waals surface area contributed by atoms with Crippen LogP contribution in [0.3, 0.4) is 0 Å². The number of hydrogen-bond donors (Lipinski definition) is 0. The zero-order valence-electron chi connectivity index (χ0n) is 7.99. The van der Waals surface area contributed by atoms with Crippen LogP contribution in [0.2, 0.25) is 0 Å². The minimum atomic E-state index is 0. The Morgan fingerprint density at radius 1 is 0.857 bits per heavy atom. The summed E-state index contributed by atoms with van der Waals surface area (Å²) in [7, 11) is 4.14. The van der Waals surface area contributed by atoms with Crippen molar-refractivity contribution in [3.05, 3.63) is 42.5 Å². The van der Waals surface area contributed by atoms with Crippen LogP contribution in [0.5, 0.6) is 0 Å². The summed E-state index contributed by atoms with van der Waals surface area (Å²) in [6, 6.07) is 14.8. The van der Waals surface area contributed by atoms with Crippen molar-refractivity contribution in [1.82, 2.24) is 0 Å². The minimum absolute atomic E-state index is 0. The van der Waals surface area contributed by atoms with Crippen molar-refractivity contribution >= 4 is 46.0 Å². The fourth-order valence-corrected chi connectivity index (χ4v) is 1.60. The molecule has 0 fully saturated rings. The summed E-state index contributed by atoms with van der Waals surface area (Å²) in [6.45, 7) is 0. The number of fused-ring (bicyclic) bond motifs is 1. The fourth-order valence-electron chi connectivity index (χ4n) is 1.60. The van der Waals surface area contributed by atoms with Crippen LogP contribution < -0.4 is 4.90 Å². The van der Waals surface area contributed by atoms with E-state index >= 15 is 0 Å². The zero-order chi connectivity index (χ0) is 9.26. The third-order valence-corrected chi connectivity index (χ3v) is 2.25. The van der Waals surface area contributed by atoms with Crippen molar-refractivity contribution in [3.8, 4) is 0 Å². The topological polar surface area (TPSA) is 3.24 Å². The summed E-state index contributed by atoms with van der Waals surface area (Å²) in [4.78, 5) is 2.14. The van der Waals surface area contributed by atoms with E-state index in [1.54, 1.807) is 0 Å². The Labute approximate surface area is 107 Å². The number of nitrogens with zero attached hydrogens (tertiary/aromatic N) is 1. The summed E-state index contributed by atoms with van der Waals surface area (Å²) < 4.78 is 0. The predicted octanol–water partition coefficient (Wildman–Crippen LogP) is 2.26. The molecule has 68 valence electrons. The van der Waals surface area contributed by atoms with Gasteiger partial charge in [0.05, 0.1) is 0 Å². The molecular formula is C12H14NNa. The summed E-state index contributed by atoms with van der Waals surface area (Å²) in [5.41, 5.74) is 1.28. The first-order valence-electron chi connectivity index (χ1n) is 4.44. The molecule has 0 radical (unpaired) electrons. The number of anilines is 1. The van der Waals surface area contributed by atoms with Gasteiger partial charge in [-0.05, 0) is 11.5 Å². The normalized spacial score (nSPS) is 9.57. The third-order valence-electron chi connectivity index (χ3n) is 2.25. The molecule has 0 atom stereocenters. The van der Waals surface area contributed by atoms with Crippen molar-refractivity contribution in [2.75, 3.05) is 19.0 Å². The molecule has 0 spiro atoms. The molecule has 0 N–H and O–H groups in total. The van der Waals surface area contributed by atoms with E-state index in [2.05, 4.69) is 61.5 Å². The van der Waals surface area contributed by atoms with Crippen molar-refractivity contribution in [2.45, 2.75) is 0 Å². The molecule has 1 nitrogen and oxygen atoms in total. The van der Waals surface area contributed by atoms with E-state index in [0.29, 0.717) is 0 Å². The fraction of sp³-hybridized carbons (Fsp3) is 0.167. The first-order chi connectivity index (χ1) is 6.29. The van der Waals surface area contributed by atoms with Gasteiger partial charge < -0.3 is 4.90 Å². The molecular weight excluding hydrogens is 181 g/mol. The summed E-state index contributed by atoms with van der Waals surface area (Å²) in [5, 5.41) is 2.61. The molecule has 2 aromatic rings. The summed E-state index contributed by atoms with van der Waals surface area (Å²) in [5.74, 6) is 0. The molecule has 2 aromatic carbocycles. The van der Waals surface area contributed by atoms with E-state index in [1.165, 1.54) is 16.5 Å². The van der Waals surface area contributed by atoms with Gasteiger partial charge in [0.2, 0.25) is 0 Å². The van der Waals surface area contributed by atoms with Gasteiger partial charge in [0.1, 0.15) is 0 Å². The van der Waals surface area contributed by atoms with Crippen LogP contribution >= 0.6 is 0 Å². The maximum absolute atomic E-state index is 2.16. The van der Waals surface area contributed by atoms with Crippen molar-refractivity contribution in [2.24, 2.45) is 0 Å². The van der Waals surface area contributed by atoms with Crippen LogP contribution in [0.15, 0.2) is 42.5 Å². The van der Waals surface area contributed by atoms with Gasteiger partial charge in [-0.25, -0.2) is 0 Å². The Morgan fingerprint density at radius 2 is 1.50 bits per heavy atom. The summed E-state index contributed by atoms with van der Waals surface area (Å²) >= 11 is 0. The van der Waals surface area contributed by atoms with E-state index in [-0.39, 0.29) is 29.6 Å². The molecule has 0 unspecified atom stereocenters. The second kappa shape index (κ2) is 4.83. The molecule has 2 rings (SSSR count). The van der Waals surface area contributed by atoms with Crippen molar-refractivity contribution < 1.29 is 0 Å². The van der Waals surface area contributed by atoms with Crippen molar-refractivity contribution in [3.63, 3.8) is 0 Å². The van der Waals surface area contributed by atoms with E-state index in [0.717, 1.165) is 0 Å². The molecule has 14 heavy (non-hydrogen) atoms. The molecule has 0 saturated carbocycles. The summed E-state index contributed by atoms with van der Waals surface area (Å²) in [6.07, 6.45) is 0. The first-order valence-corrected chi connectivity index (χ1v) is 4.44. The third kappa shape index (κ3) is 2.11. The number of benzene rings is 2. The van der Waals surface area contributed by atoms with E-state index in [1.807, 2.05) is 0 Å². The van der Waals surface area contributed by atoms with Gasteiger partial charge in [-0.3, -0.25) is 0 Å². The Kier molecular flexibility index (Phi) is 3.99. The van der Waals surface area contributed by atoms with Crippen LogP contribution in [0.4, 0.5) is 5.69 Å². The number of hydrogen-bond acceptors (Lipinski definition) is 1. The maximum atomic E-state index is 2.16. The average Bonchev–Trinajstić information content (AvgIpc) is 2.17. The SMILES string of the molecule is CN(C)c1cccc2ccccc12.[NaH]. The molecule has 0 saturated heterocycles. The predicted molar refractivity (Wildman–Crippen MR) is 65.4 cm³/mol. The Hall–Kier alpha value is -0.500. The van der Waals surface area contributed by atoms with Crippen LogP contribution in [0.1, 0.15) is 0 Å². The van der Waals surface area contributed by atoms with Gasteiger partial charge in [0.15, 0.2) is 0 Å². The van der Waals surface area contributed by atoms with E-state index in [4.69, 9.17) is 0 Å². The quantitative estimate of drug-likeness (QED) is 0.631. The number of rotatable bonds is 1. The second-order valence-corrected chi connectivity index (χ2v) is 3.39. The van der Waals surface area contributed by atoms with Gasteiger partial charge in [0, 0.05) is 25.2 Å². The molecule has 0 aliphatic carbocycles. The molecule has 2 heteroatoms. The molecule has 0 aliphatic heterocycles. The van der Waals surface area contributed by atoms with Crippen LogP contribution in [-0.2, 0) is 0 Å². The molecule has 0 aliphatic rings. The van der Waals surface area contributed by atoms with Crippen LogP contribution in [0.25, 0.3) is 10.8 Å². The monoisotopic (exact) mass is 195 g/mol. The van der Waals surface area contributed by atoms with Crippen LogP contribution in [0, 0.1) is 0 Å². The zero-order valence-corrected chi connectivity index (χ0v) is 7.99. The second-order valence-electron chi connectivity index (χ2n) is 3.39. The first kappa shape index (κ1) is 11.6. The van der Waals surface area contributed by atoms with Crippen LogP contribution in [-0.4, -0.2) is 43.7 Å². The van der Waals surface area contributed by atoms with Gasteiger partial charge >= 0.3 is 29.6 Å². The Morgan fingerprint density at radius 3 is 2.21 bits per heavy atom. The average molecular weight is 195 g/mol. The van der Waals surface area contributed by atoms with Crippen molar-refractivity contribution in [1.29, 1.82) is 0 Å². The Bertz CT molecular complexity index is 418. The van der Waals surface area contributed by atoms with Gasteiger partial charge in [-0.2, -0.15) is 0 Å². The van der Waals surface area contributed by atoms with Gasteiger partial charge in [0.25, 0.3) is 0 Å². The Balaban J connectivity index is 0.000000980.